The molecule has 1 aromatic carbocycles. The zero-order valence-electron chi connectivity index (χ0n) is 11.0. The zero-order chi connectivity index (χ0) is 14.8. The van der Waals surface area contributed by atoms with E-state index < -0.39 is 10.7 Å². The van der Waals surface area contributed by atoms with Crippen LogP contribution in [-0.2, 0) is 10.5 Å². The van der Waals surface area contributed by atoms with Crippen LogP contribution in [0.15, 0.2) is 28.8 Å². The van der Waals surface area contributed by atoms with Gasteiger partial charge in [0.15, 0.2) is 5.82 Å². The summed E-state index contributed by atoms with van der Waals surface area (Å²) in [5, 5.41) is 13.4. The second-order valence-corrected chi connectivity index (χ2v) is 6.60. The van der Waals surface area contributed by atoms with Crippen LogP contribution < -0.4 is 0 Å². The molecule has 0 aliphatic rings. The number of rotatable bonds is 5. The number of aromatic nitrogens is 2. The molecule has 0 unspecified atom stereocenters. The van der Waals surface area contributed by atoms with Crippen LogP contribution in [0.3, 0.4) is 0 Å². The molecule has 0 saturated heterocycles. The van der Waals surface area contributed by atoms with Gasteiger partial charge >= 0.3 is 5.97 Å². The maximum absolute atomic E-state index is 11.0. The summed E-state index contributed by atoms with van der Waals surface area (Å²) in [7, 11) is 0. The largest absolute Gasteiger partial charge is 0.480 e. The molecule has 20 heavy (non-hydrogen) atoms. The van der Waals surface area contributed by atoms with Gasteiger partial charge in [-0.15, -0.1) is 11.8 Å². The highest BCUT2D eigenvalue weighted by molar-refractivity contribution is 8.00. The Labute approximate surface area is 125 Å². The van der Waals surface area contributed by atoms with Crippen molar-refractivity contribution in [2.75, 3.05) is 0 Å². The molecular formula is C13H13ClN2O3S. The van der Waals surface area contributed by atoms with Crippen molar-refractivity contribution in [2.45, 2.75) is 24.3 Å². The van der Waals surface area contributed by atoms with Gasteiger partial charge < -0.3 is 9.63 Å². The van der Waals surface area contributed by atoms with E-state index in [0.29, 0.717) is 28.1 Å². The summed E-state index contributed by atoms with van der Waals surface area (Å²) >= 11 is 7.28. The van der Waals surface area contributed by atoms with E-state index in [9.17, 15) is 4.79 Å². The van der Waals surface area contributed by atoms with Crippen molar-refractivity contribution >= 4 is 29.3 Å². The molecule has 0 atom stereocenters. The first-order valence-corrected chi connectivity index (χ1v) is 7.21. The minimum absolute atomic E-state index is 0.333. The first-order chi connectivity index (χ1) is 9.40. The summed E-state index contributed by atoms with van der Waals surface area (Å²) in [6.45, 7) is 3.27. The number of nitrogens with zero attached hydrogens (tertiary/aromatic N) is 2. The summed E-state index contributed by atoms with van der Waals surface area (Å²) in [5.74, 6) is 0.253. The Hall–Kier alpha value is -1.53. The van der Waals surface area contributed by atoms with Crippen molar-refractivity contribution in [3.8, 4) is 11.5 Å². The second-order valence-electron chi connectivity index (χ2n) is 4.60. The van der Waals surface area contributed by atoms with Gasteiger partial charge in [-0.2, -0.15) is 4.98 Å². The molecule has 0 amide bonds. The number of carboxylic acid groups (broad SMARTS) is 1. The minimum Gasteiger partial charge on any atom is -0.480 e. The molecule has 0 saturated carbocycles. The second kappa shape index (κ2) is 5.85. The van der Waals surface area contributed by atoms with E-state index in [4.69, 9.17) is 21.2 Å². The van der Waals surface area contributed by atoms with Crippen molar-refractivity contribution in [1.29, 1.82) is 0 Å². The van der Waals surface area contributed by atoms with E-state index in [0.717, 1.165) is 0 Å². The Morgan fingerprint density at radius 1 is 1.45 bits per heavy atom. The molecule has 1 aromatic heterocycles. The molecule has 0 spiro atoms. The molecule has 0 radical (unpaired) electrons. The summed E-state index contributed by atoms with van der Waals surface area (Å²) in [6, 6.07) is 7.17. The topological polar surface area (TPSA) is 76.2 Å². The van der Waals surface area contributed by atoms with E-state index in [-0.39, 0.29) is 0 Å². The Bertz CT molecular complexity index is 628. The lowest BCUT2D eigenvalue weighted by atomic mass is 10.2. The standard InChI is InChI=1S/C13H13ClN2O3S/c1-13(2,12(17)18)20-7-10-15-11(19-16-10)8-5-3-4-6-9(8)14/h3-6H,7H2,1-2H3,(H,17,18). The van der Waals surface area contributed by atoms with Crippen molar-refractivity contribution in [1.82, 2.24) is 10.1 Å². The van der Waals surface area contributed by atoms with Gasteiger partial charge in [0.25, 0.3) is 5.89 Å². The molecule has 2 aromatic rings. The van der Waals surface area contributed by atoms with E-state index in [2.05, 4.69) is 10.1 Å². The number of benzene rings is 1. The maximum atomic E-state index is 11.0. The molecule has 1 N–H and O–H groups in total. The van der Waals surface area contributed by atoms with Gasteiger partial charge in [-0.05, 0) is 26.0 Å². The first kappa shape index (κ1) is 14.9. The number of halogens is 1. The van der Waals surface area contributed by atoms with Crippen LogP contribution >= 0.6 is 23.4 Å². The number of carbonyl (C=O) groups is 1. The predicted molar refractivity (Wildman–Crippen MR) is 77.8 cm³/mol. The molecule has 5 nitrogen and oxygen atoms in total. The van der Waals surface area contributed by atoms with E-state index in [1.165, 1.54) is 11.8 Å². The van der Waals surface area contributed by atoms with Gasteiger partial charge in [-0.3, -0.25) is 4.79 Å². The summed E-state index contributed by atoms with van der Waals surface area (Å²) in [6.07, 6.45) is 0. The maximum Gasteiger partial charge on any atom is 0.319 e. The zero-order valence-corrected chi connectivity index (χ0v) is 12.5. The first-order valence-electron chi connectivity index (χ1n) is 5.85. The SMILES string of the molecule is CC(C)(SCc1noc(-c2ccccc2Cl)n1)C(=O)O. The van der Waals surface area contributed by atoms with Crippen LogP contribution in [0.1, 0.15) is 19.7 Å². The highest BCUT2D eigenvalue weighted by atomic mass is 35.5. The fourth-order valence-corrected chi connectivity index (χ4v) is 2.31. The monoisotopic (exact) mass is 312 g/mol. The number of aliphatic carboxylic acids is 1. The van der Waals surface area contributed by atoms with Crippen molar-refractivity contribution in [2.24, 2.45) is 0 Å². The van der Waals surface area contributed by atoms with E-state index in [1.807, 2.05) is 12.1 Å². The van der Waals surface area contributed by atoms with Crippen LogP contribution in [0, 0.1) is 0 Å². The third kappa shape index (κ3) is 3.32. The Balaban J connectivity index is 2.11. The van der Waals surface area contributed by atoms with Gasteiger partial charge in [0.1, 0.15) is 4.75 Å². The van der Waals surface area contributed by atoms with Crippen LogP contribution in [0.5, 0.6) is 0 Å². The lowest BCUT2D eigenvalue weighted by Gasteiger charge is -2.16. The Morgan fingerprint density at radius 3 is 2.80 bits per heavy atom. The molecule has 0 aliphatic carbocycles. The lowest BCUT2D eigenvalue weighted by molar-refractivity contribution is -0.138. The molecule has 2 rings (SSSR count). The molecular weight excluding hydrogens is 300 g/mol. The predicted octanol–water partition coefficient (Wildman–Crippen LogP) is 3.49. The Morgan fingerprint density at radius 2 is 2.15 bits per heavy atom. The third-order valence-electron chi connectivity index (χ3n) is 2.65. The number of carboxylic acids is 1. The molecule has 0 fully saturated rings. The minimum atomic E-state index is -0.898. The van der Waals surface area contributed by atoms with Gasteiger partial charge in [0.2, 0.25) is 0 Å². The lowest BCUT2D eigenvalue weighted by Crippen LogP contribution is -2.27. The van der Waals surface area contributed by atoms with Gasteiger partial charge in [-0.25, -0.2) is 0 Å². The molecule has 0 aliphatic heterocycles. The van der Waals surface area contributed by atoms with Crippen LogP contribution in [-0.4, -0.2) is 26.0 Å². The number of hydrogen-bond acceptors (Lipinski definition) is 5. The van der Waals surface area contributed by atoms with Crippen LogP contribution in [0.25, 0.3) is 11.5 Å². The third-order valence-corrected chi connectivity index (χ3v) is 4.28. The van der Waals surface area contributed by atoms with Crippen LogP contribution in [0.2, 0.25) is 5.02 Å². The van der Waals surface area contributed by atoms with Gasteiger partial charge in [0, 0.05) is 0 Å². The van der Waals surface area contributed by atoms with Crippen molar-refractivity contribution < 1.29 is 14.4 Å². The van der Waals surface area contributed by atoms with Crippen LogP contribution in [0.4, 0.5) is 0 Å². The quantitative estimate of drug-likeness (QED) is 0.910. The van der Waals surface area contributed by atoms with Gasteiger partial charge in [0.05, 0.1) is 16.3 Å². The fraction of sp³-hybridized carbons (Fsp3) is 0.308. The summed E-state index contributed by atoms with van der Waals surface area (Å²) in [5.41, 5.74) is 0.662. The number of hydrogen-bond donors (Lipinski definition) is 1. The Kier molecular flexibility index (Phi) is 4.35. The molecule has 7 heteroatoms. The average Bonchev–Trinajstić information content (AvgIpc) is 2.85. The van der Waals surface area contributed by atoms with Gasteiger partial charge in [-0.1, -0.05) is 28.9 Å². The molecule has 1 heterocycles. The van der Waals surface area contributed by atoms with E-state index >= 15 is 0 Å². The van der Waals surface area contributed by atoms with E-state index in [1.54, 1.807) is 26.0 Å². The van der Waals surface area contributed by atoms with Crippen molar-refractivity contribution in [3.63, 3.8) is 0 Å². The fourth-order valence-electron chi connectivity index (χ4n) is 1.36. The average molecular weight is 313 g/mol. The highest BCUT2D eigenvalue weighted by Crippen LogP contribution is 2.29. The normalized spacial score (nSPS) is 11.6. The summed E-state index contributed by atoms with van der Waals surface area (Å²) in [4.78, 5) is 15.2. The summed E-state index contributed by atoms with van der Waals surface area (Å²) < 4.78 is 4.25. The van der Waals surface area contributed by atoms with Crippen molar-refractivity contribution in [3.05, 3.63) is 35.1 Å². The smallest absolute Gasteiger partial charge is 0.319 e. The molecule has 106 valence electrons. The molecule has 0 bridgehead atoms. The highest BCUT2D eigenvalue weighted by Gasteiger charge is 2.28. The number of thioether (sulfide) groups is 1.